The van der Waals surface area contributed by atoms with E-state index in [0.717, 1.165) is 99.4 Å². The Labute approximate surface area is 596 Å². The number of rotatable bonds is 11. The van der Waals surface area contributed by atoms with E-state index in [0.29, 0.717) is 107 Å². The van der Waals surface area contributed by atoms with Gasteiger partial charge in [-0.05, 0) is 213 Å². The molecule has 0 amide bonds. The number of hydrogen-bond donors (Lipinski definition) is 0. The second kappa shape index (κ2) is 26.0. The van der Waals surface area contributed by atoms with Crippen LogP contribution in [0.5, 0.6) is 0 Å². The zero-order valence-corrected chi connectivity index (χ0v) is 54.7. The second-order valence-electron chi connectivity index (χ2n) is 24.7. The van der Waals surface area contributed by atoms with E-state index in [2.05, 4.69) is 113 Å². The summed E-state index contributed by atoms with van der Waals surface area (Å²) in [5.74, 6) is 1.16. The molecule has 0 radical (unpaired) electrons. The number of fused-ring (bicyclic) bond motifs is 6. The number of nitriles is 5. The molecule has 0 fully saturated rings. The minimum Gasteiger partial charge on any atom is -0.309 e. The van der Waals surface area contributed by atoms with Gasteiger partial charge in [0.1, 0.15) is 0 Å². The van der Waals surface area contributed by atoms with E-state index in [4.69, 9.17) is 41.2 Å². The average molecular weight is 1320 g/mol. The van der Waals surface area contributed by atoms with Gasteiger partial charge in [-0.15, -0.1) is 0 Å². The first-order valence-corrected chi connectivity index (χ1v) is 32.6. The Hall–Kier alpha value is -16.1. The molecule has 0 aliphatic carbocycles. The molecule has 0 unspecified atom stereocenters. The van der Waals surface area contributed by atoms with E-state index >= 15 is 0 Å². The predicted molar refractivity (Wildman–Crippen MR) is 406 cm³/mol. The van der Waals surface area contributed by atoms with Gasteiger partial charge < -0.3 is 9.13 Å². The summed E-state index contributed by atoms with van der Waals surface area (Å²) >= 11 is 0. The molecule has 0 saturated heterocycles. The molecular weight excluding hydrogens is 1280 g/mol. The van der Waals surface area contributed by atoms with Gasteiger partial charge in [-0.1, -0.05) is 115 Å². The smallest absolute Gasteiger partial charge is 0.189 e. The summed E-state index contributed by atoms with van der Waals surface area (Å²) in [6.45, 7) is 32.0. The molecule has 0 aliphatic heterocycles. The lowest BCUT2D eigenvalue weighted by molar-refractivity contribution is 1.06. The molecule has 0 saturated carbocycles. The summed E-state index contributed by atoms with van der Waals surface area (Å²) in [5, 5.41) is 54.2. The van der Waals surface area contributed by atoms with Crippen molar-refractivity contribution in [2.24, 2.45) is 0 Å². The van der Waals surface area contributed by atoms with Crippen molar-refractivity contribution in [3.63, 3.8) is 0 Å². The van der Waals surface area contributed by atoms with Gasteiger partial charge in [-0.3, -0.25) is 0 Å². The minimum atomic E-state index is 0.315. The van der Waals surface area contributed by atoms with Crippen LogP contribution in [-0.4, -0.2) is 24.1 Å². The number of nitrogens with zero attached hydrogens (tertiary/aromatic N) is 14. The van der Waals surface area contributed by atoms with E-state index in [1.165, 1.54) is 0 Å². The Balaban J connectivity index is 1.04. The third-order valence-corrected chi connectivity index (χ3v) is 18.6. The Morgan fingerprint density at radius 3 is 0.952 bits per heavy atom. The van der Waals surface area contributed by atoms with Crippen LogP contribution >= 0.6 is 0 Å². The summed E-state index contributed by atoms with van der Waals surface area (Å²) in [7, 11) is 0. The quantitative estimate of drug-likeness (QED) is 0.115. The normalized spacial score (nSPS) is 10.8. The monoisotopic (exact) mass is 1320 g/mol. The van der Waals surface area contributed by atoms with Crippen molar-refractivity contribution in [3.8, 4) is 143 Å². The van der Waals surface area contributed by atoms with Gasteiger partial charge in [0, 0.05) is 60.5 Å². The lowest BCUT2D eigenvalue weighted by Crippen LogP contribution is -2.06. The summed E-state index contributed by atoms with van der Waals surface area (Å²) in [5.41, 5.74) is 18.5. The maximum Gasteiger partial charge on any atom is 0.189 e. The largest absolute Gasteiger partial charge is 0.309 e. The lowest BCUT2D eigenvalue weighted by atomic mass is 9.92. The van der Waals surface area contributed by atoms with Gasteiger partial charge in [0.05, 0.1) is 101 Å². The molecule has 0 atom stereocenters. The first-order chi connectivity index (χ1) is 51.0. The number of aromatic nitrogens is 5. The molecule has 474 valence electrons. The highest BCUT2D eigenvalue weighted by Crippen LogP contribution is 2.48. The second-order valence-corrected chi connectivity index (χ2v) is 24.7. The lowest BCUT2D eigenvalue weighted by Gasteiger charge is -2.21. The van der Waals surface area contributed by atoms with E-state index in [1.807, 2.05) is 127 Å². The van der Waals surface area contributed by atoms with E-state index in [9.17, 15) is 26.3 Å². The van der Waals surface area contributed by atoms with Gasteiger partial charge in [-0.25, -0.2) is 34.3 Å². The third-order valence-electron chi connectivity index (χ3n) is 18.6. The van der Waals surface area contributed by atoms with E-state index < -0.39 is 0 Å². The van der Waals surface area contributed by atoms with Crippen LogP contribution in [0.25, 0.3) is 175 Å². The fourth-order valence-electron chi connectivity index (χ4n) is 13.9. The first kappa shape index (κ1) is 62.7. The standard InChI is InChI=1S/C90H44N14/c1-96-71-36-55(50-92)32-67(40-71)63-23-28-82-77(45-63)78-46-64(68-33-56(51-93)37-72(41-68)97-2)24-29-83(78)103(82)81-27-22-62(59-20-18-54(49-91)19-21-59)44-76(81)75-16-11-17-86(87(75)90-101-88(60-12-7-5-8-13-60)100-89(102-90)61-14-9-6-10-15-61)104-84-30-25-65(69-34-57(52-94)38-73(42-69)98-3)47-79(84)80-48-66(26-31-85(80)104)70-35-58(53-95)39-74(43-70)99-4/h5-48H. The number of hydrogen-bond acceptors (Lipinski definition) is 8. The fraction of sp³-hybridized carbons (Fsp3) is 0. The van der Waals surface area contributed by atoms with Crippen LogP contribution in [0.1, 0.15) is 27.8 Å². The highest BCUT2D eigenvalue weighted by Gasteiger charge is 2.27. The van der Waals surface area contributed by atoms with Crippen molar-refractivity contribution in [2.45, 2.75) is 0 Å². The molecule has 3 heterocycles. The van der Waals surface area contributed by atoms with Crippen molar-refractivity contribution in [2.75, 3.05) is 0 Å². The van der Waals surface area contributed by atoms with Gasteiger partial charge in [0.15, 0.2) is 40.2 Å². The van der Waals surface area contributed by atoms with Crippen molar-refractivity contribution < 1.29 is 0 Å². The van der Waals surface area contributed by atoms with Crippen molar-refractivity contribution in [3.05, 3.63) is 340 Å². The van der Waals surface area contributed by atoms with Crippen LogP contribution < -0.4 is 0 Å². The van der Waals surface area contributed by atoms with Gasteiger partial charge in [0.2, 0.25) is 0 Å². The molecule has 14 nitrogen and oxygen atoms in total. The molecule has 0 N–H and O–H groups in total. The van der Waals surface area contributed by atoms with E-state index in [-0.39, 0.29) is 0 Å². The molecule has 104 heavy (non-hydrogen) atoms. The summed E-state index contributed by atoms with van der Waals surface area (Å²) < 4.78 is 4.43. The summed E-state index contributed by atoms with van der Waals surface area (Å²) in [4.78, 5) is 31.3. The molecule has 13 aromatic carbocycles. The van der Waals surface area contributed by atoms with Crippen molar-refractivity contribution in [1.82, 2.24) is 24.1 Å². The topological polar surface area (TPSA) is 185 Å². The van der Waals surface area contributed by atoms with Crippen LogP contribution in [0.15, 0.2) is 267 Å². The highest BCUT2D eigenvalue weighted by atomic mass is 15.1. The minimum absolute atomic E-state index is 0.315. The highest BCUT2D eigenvalue weighted by molar-refractivity contribution is 6.14. The molecule has 0 bridgehead atoms. The first-order valence-electron chi connectivity index (χ1n) is 32.6. The van der Waals surface area contributed by atoms with Gasteiger partial charge in [0.25, 0.3) is 0 Å². The Bertz CT molecular complexity index is 6320. The predicted octanol–water partition coefficient (Wildman–Crippen LogP) is 22.6. The van der Waals surface area contributed by atoms with Crippen LogP contribution in [0.3, 0.4) is 0 Å². The van der Waals surface area contributed by atoms with Gasteiger partial charge in [-0.2, -0.15) is 26.3 Å². The zero-order chi connectivity index (χ0) is 71.1. The number of benzene rings is 13. The molecule has 0 aliphatic rings. The molecule has 0 spiro atoms. The molecular formula is C90H44N14. The molecule has 14 heteroatoms. The fourth-order valence-corrected chi connectivity index (χ4v) is 13.9. The Kier molecular flexibility index (Phi) is 15.7. The zero-order valence-electron chi connectivity index (χ0n) is 54.7. The van der Waals surface area contributed by atoms with Gasteiger partial charge >= 0.3 is 0 Å². The molecule has 16 rings (SSSR count). The maximum absolute atomic E-state index is 10.2. The third kappa shape index (κ3) is 11.2. The van der Waals surface area contributed by atoms with Crippen LogP contribution in [-0.2, 0) is 0 Å². The average Bonchev–Trinajstić information content (AvgIpc) is 1.50. The maximum atomic E-state index is 10.2. The molecule has 16 aromatic rings. The Morgan fingerprint density at radius 2 is 0.587 bits per heavy atom. The summed E-state index contributed by atoms with van der Waals surface area (Å²) in [6, 6.07) is 95.6. The SMILES string of the molecule is [C-]#[N+]c1cc(C#N)cc(-c2ccc3c(c2)c2cc(-c4cc(C#N)cc([N+]#[C-])c4)ccc2n3-c2ccc(-c3ccc(C#N)cc3)cc2-c2cccc(-n3c4ccc(-c5cc(C#N)cc([N+]#[C-])c5)cc4c4cc(-c5cc(C#N)cc([N+]#[C-])c5)ccc43)c2-c2nc(-c3ccccc3)nc(-c3ccccc3)n2)c1. The Morgan fingerprint density at radius 1 is 0.250 bits per heavy atom. The van der Waals surface area contributed by atoms with E-state index in [1.54, 1.807) is 84.9 Å². The summed E-state index contributed by atoms with van der Waals surface area (Å²) in [6.07, 6.45) is 0. The van der Waals surface area contributed by atoms with Crippen molar-refractivity contribution in [1.29, 1.82) is 26.3 Å². The van der Waals surface area contributed by atoms with Crippen molar-refractivity contribution >= 4 is 66.4 Å². The molecule has 3 aromatic heterocycles. The van der Waals surface area contributed by atoms with Crippen LogP contribution in [0.2, 0.25) is 0 Å². The van der Waals surface area contributed by atoms with Crippen LogP contribution in [0, 0.1) is 82.9 Å². The van der Waals surface area contributed by atoms with Crippen LogP contribution in [0.4, 0.5) is 22.7 Å².